The number of aliphatic hydroxyl groups is 1. The lowest BCUT2D eigenvalue weighted by molar-refractivity contribution is -0.133. The number of aryl methyl sites for hydroxylation is 1. The average molecular weight is 427 g/mol. The van der Waals surface area contributed by atoms with Crippen LogP contribution in [0.15, 0.2) is 23.0 Å². The van der Waals surface area contributed by atoms with Crippen LogP contribution in [-0.4, -0.2) is 31.0 Å². The summed E-state index contributed by atoms with van der Waals surface area (Å²) in [7, 11) is 0. The first-order chi connectivity index (χ1) is 14.9. The zero-order valence-corrected chi connectivity index (χ0v) is 19.3. The number of aromatic nitrogens is 3. The fourth-order valence-electron chi connectivity index (χ4n) is 8.00. The topological polar surface area (TPSA) is 83.5 Å². The Kier molecular flexibility index (Phi) is 5.07. The molecule has 3 unspecified atom stereocenters. The van der Waals surface area contributed by atoms with Crippen LogP contribution in [0.1, 0.15) is 90.7 Å². The first-order valence-corrected chi connectivity index (χ1v) is 12.4. The SMILES string of the molecule is CCCCn1cc([C@]2(O)CCC3C4CCC5=C/C(=N\O)CC[C@]5(C)C4CC[C@@]32C)nn1. The number of hydrogen-bond donors (Lipinski definition) is 2. The summed E-state index contributed by atoms with van der Waals surface area (Å²) < 4.78 is 1.92. The van der Waals surface area contributed by atoms with Gasteiger partial charge in [-0.1, -0.05) is 43.1 Å². The third-order valence-electron chi connectivity index (χ3n) is 9.96. The number of fused-ring (bicyclic) bond motifs is 5. The van der Waals surface area contributed by atoms with Crippen LogP contribution in [0.5, 0.6) is 0 Å². The number of rotatable bonds is 4. The summed E-state index contributed by atoms with van der Waals surface area (Å²) in [5, 5.41) is 33.6. The van der Waals surface area contributed by atoms with Gasteiger partial charge < -0.3 is 10.3 Å². The van der Waals surface area contributed by atoms with Crippen LogP contribution < -0.4 is 0 Å². The molecular weight excluding hydrogens is 388 g/mol. The van der Waals surface area contributed by atoms with E-state index in [2.05, 4.69) is 42.3 Å². The number of oxime groups is 1. The zero-order valence-electron chi connectivity index (χ0n) is 19.3. The van der Waals surface area contributed by atoms with E-state index in [0.717, 1.165) is 75.7 Å². The molecule has 0 aliphatic heterocycles. The maximum atomic E-state index is 12.0. The van der Waals surface area contributed by atoms with Crippen LogP contribution in [-0.2, 0) is 12.1 Å². The maximum absolute atomic E-state index is 12.0. The first kappa shape index (κ1) is 21.2. The van der Waals surface area contributed by atoms with Crippen molar-refractivity contribution in [1.29, 1.82) is 0 Å². The number of hydrogen-bond acceptors (Lipinski definition) is 5. The monoisotopic (exact) mass is 426 g/mol. The molecule has 0 aromatic carbocycles. The molecule has 4 aliphatic carbocycles. The minimum Gasteiger partial charge on any atom is -0.411 e. The summed E-state index contributed by atoms with van der Waals surface area (Å²) in [5.41, 5.74) is 2.33. The van der Waals surface area contributed by atoms with Gasteiger partial charge in [-0.2, -0.15) is 0 Å². The minimum atomic E-state index is -0.868. The molecule has 3 saturated carbocycles. The van der Waals surface area contributed by atoms with Gasteiger partial charge >= 0.3 is 0 Å². The lowest BCUT2D eigenvalue weighted by Crippen LogP contribution is -2.53. The summed E-state index contributed by atoms with van der Waals surface area (Å²) in [6.07, 6.45) is 14.7. The maximum Gasteiger partial charge on any atom is 0.116 e. The first-order valence-electron chi connectivity index (χ1n) is 12.4. The van der Waals surface area contributed by atoms with Crippen LogP contribution in [0.3, 0.4) is 0 Å². The van der Waals surface area contributed by atoms with Crippen molar-refractivity contribution in [2.75, 3.05) is 0 Å². The molecule has 1 heterocycles. The van der Waals surface area contributed by atoms with Crippen LogP contribution in [0.4, 0.5) is 0 Å². The van der Waals surface area contributed by atoms with Crippen molar-refractivity contribution in [2.24, 2.45) is 33.7 Å². The van der Waals surface area contributed by atoms with Gasteiger partial charge in [-0.15, -0.1) is 5.10 Å². The normalized spacial score (nSPS) is 43.3. The molecule has 0 radical (unpaired) electrons. The Labute approximate surface area is 185 Å². The highest BCUT2D eigenvalue weighted by Gasteiger charge is 2.65. The lowest BCUT2D eigenvalue weighted by Gasteiger charge is -2.59. The fourth-order valence-corrected chi connectivity index (χ4v) is 8.00. The van der Waals surface area contributed by atoms with E-state index in [1.165, 1.54) is 12.0 Å². The molecule has 4 aliphatic rings. The zero-order chi connectivity index (χ0) is 21.9. The molecule has 5 rings (SSSR count). The van der Waals surface area contributed by atoms with Crippen molar-refractivity contribution in [2.45, 2.75) is 97.1 Å². The molecule has 0 saturated heterocycles. The third kappa shape index (κ3) is 2.96. The average Bonchev–Trinajstić information content (AvgIpc) is 3.35. The van der Waals surface area contributed by atoms with E-state index in [0.29, 0.717) is 17.8 Å². The summed E-state index contributed by atoms with van der Waals surface area (Å²) in [5.74, 6) is 1.84. The Balaban J connectivity index is 1.43. The highest BCUT2D eigenvalue weighted by atomic mass is 16.4. The van der Waals surface area contributed by atoms with Gasteiger partial charge in [0.2, 0.25) is 0 Å². The summed E-state index contributed by atoms with van der Waals surface area (Å²) in [6, 6.07) is 0. The molecule has 1 aromatic heterocycles. The van der Waals surface area contributed by atoms with Gasteiger partial charge in [0.05, 0.1) is 11.9 Å². The molecule has 6 atom stereocenters. The van der Waals surface area contributed by atoms with Gasteiger partial charge in [0, 0.05) is 12.0 Å². The van der Waals surface area contributed by atoms with E-state index >= 15 is 0 Å². The Morgan fingerprint density at radius 2 is 1.94 bits per heavy atom. The fraction of sp³-hybridized carbons (Fsp3) is 0.800. The molecule has 31 heavy (non-hydrogen) atoms. The van der Waals surface area contributed by atoms with Crippen molar-refractivity contribution >= 4 is 5.71 Å². The molecule has 6 heteroatoms. The Bertz CT molecular complexity index is 907. The Hall–Kier alpha value is -1.69. The van der Waals surface area contributed by atoms with Gasteiger partial charge in [-0.3, -0.25) is 4.68 Å². The molecule has 2 N–H and O–H groups in total. The predicted molar refractivity (Wildman–Crippen MR) is 120 cm³/mol. The predicted octanol–water partition coefficient (Wildman–Crippen LogP) is 5.06. The molecule has 170 valence electrons. The number of allylic oxidation sites excluding steroid dienone is 2. The second kappa shape index (κ2) is 7.43. The largest absolute Gasteiger partial charge is 0.411 e. The van der Waals surface area contributed by atoms with Gasteiger partial charge in [0.25, 0.3) is 0 Å². The van der Waals surface area contributed by atoms with Crippen LogP contribution in [0.2, 0.25) is 0 Å². The molecular formula is C25H38N4O2. The van der Waals surface area contributed by atoms with E-state index < -0.39 is 5.60 Å². The van der Waals surface area contributed by atoms with Gasteiger partial charge in [-0.05, 0) is 87.0 Å². The van der Waals surface area contributed by atoms with Crippen molar-refractivity contribution in [3.63, 3.8) is 0 Å². The summed E-state index contributed by atoms with van der Waals surface area (Å²) >= 11 is 0. The van der Waals surface area contributed by atoms with Crippen molar-refractivity contribution in [3.8, 4) is 0 Å². The highest BCUT2D eigenvalue weighted by molar-refractivity contribution is 5.96. The van der Waals surface area contributed by atoms with Crippen molar-refractivity contribution in [1.82, 2.24) is 15.0 Å². The van der Waals surface area contributed by atoms with E-state index in [-0.39, 0.29) is 10.8 Å². The molecule has 0 spiro atoms. The van der Waals surface area contributed by atoms with Gasteiger partial charge in [0.15, 0.2) is 0 Å². The van der Waals surface area contributed by atoms with E-state index in [1.54, 1.807) is 0 Å². The van der Waals surface area contributed by atoms with Crippen molar-refractivity contribution in [3.05, 3.63) is 23.5 Å². The van der Waals surface area contributed by atoms with Crippen molar-refractivity contribution < 1.29 is 10.3 Å². The lowest BCUT2D eigenvalue weighted by atomic mass is 9.46. The second-order valence-electron chi connectivity index (χ2n) is 11.2. The Morgan fingerprint density at radius 1 is 1.13 bits per heavy atom. The Morgan fingerprint density at radius 3 is 2.71 bits per heavy atom. The smallest absolute Gasteiger partial charge is 0.116 e. The second-order valence-corrected chi connectivity index (χ2v) is 11.2. The highest BCUT2D eigenvalue weighted by Crippen LogP contribution is 2.69. The van der Waals surface area contributed by atoms with Crippen LogP contribution in [0, 0.1) is 28.6 Å². The van der Waals surface area contributed by atoms with E-state index in [1.807, 2.05) is 10.9 Å². The minimum absolute atomic E-state index is 0.135. The molecule has 0 bridgehead atoms. The standard InChI is InChI=1S/C25H38N4O2/c1-4-5-14-29-16-22(26-28-29)25(30)13-10-21-19-7-6-17-15-18(27-31)8-11-23(17,2)20(19)9-12-24(21,25)3/h15-16,19-21,30-31H,4-14H2,1-3H3/b27-18-/t19?,20?,21?,23-,24-,25+/m0/s1. The molecule has 6 nitrogen and oxygen atoms in total. The number of nitrogens with zero attached hydrogens (tertiary/aromatic N) is 4. The molecule has 1 aromatic rings. The quantitative estimate of drug-likeness (QED) is 0.521. The summed E-state index contributed by atoms with van der Waals surface area (Å²) in [6.45, 7) is 7.84. The van der Waals surface area contributed by atoms with Crippen LogP contribution in [0.25, 0.3) is 0 Å². The molecule has 3 fully saturated rings. The van der Waals surface area contributed by atoms with Crippen LogP contribution >= 0.6 is 0 Å². The number of unbranched alkanes of at least 4 members (excludes halogenated alkanes) is 1. The third-order valence-corrected chi connectivity index (χ3v) is 9.96. The van der Waals surface area contributed by atoms with E-state index in [4.69, 9.17) is 0 Å². The summed E-state index contributed by atoms with van der Waals surface area (Å²) in [4.78, 5) is 0. The van der Waals surface area contributed by atoms with E-state index in [9.17, 15) is 10.3 Å². The van der Waals surface area contributed by atoms with Gasteiger partial charge in [-0.25, -0.2) is 0 Å². The van der Waals surface area contributed by atoms with Gasteiger partial charge in [0.1, 0.15) is 11.3 Å². The molecule has 0 amide bonds.